The first-order chi connectivity index (χ1) is 19.8. The van der Waals surface area contributed by atoms with Crippen LogP contribution in [0.25, 0.3) is 11.1 Å². The maximum Gasteiger partial charge on any atom is 0.184 e. The molecule has 0 spiro atoms. The molecule has 2 heterocycles. The van der Waals surface area contributed by atoms with Crippen molar-refractivity contribution in [3.05, 3.63) is 157 Å². The molecule has 0 aliphatic carbocycles. The third-order valence-electron chi connectivity index (χ3n) is 7.82. The molecule has 0 N–H and O–H groups in total. The molecule has 4 heteroatoms. The second-order valence-electron chi connectivity index (χ2n) is 9.98. The first-order valence-corrected chi connectivity index (χ1v) is 15.4. The van der Waals surface area contributed by atoms with Crippen molar-refractivity contribution in [2.24, 2.45) is 0 Å². The second kappa shape index (κ2) is 9.81. The fourth-order valence-electron chi connectivity index (χ4n) is 6.17. The Bertz CT molecular complexity index is 1790. The summed E-state index contributed by atoms with van der Waals surface area (Å²) in [6.45, 7) is 0. The molecule has 188 valence electrons. The van der Waals surface area contributed by atoms with Gasteiger partial charge in [0.05, 0.1) is 5.56 Å². The smallest absolute Gasteiger partial charge is 0.184 e. The lowest BCUT2D eigenvalue weighted by atomic mass is 10.0. The minimum absolute atomic E-state index is 0.554. The molecule has 1 aromatic heterocycles. The SMILES string of the molecule is N#Cc1cncc(-c2cccc(N3c4ccccc4[Si](c4ccccc4)(c4ccccc4)c4ccccc43)c2)c1. The van der Waals surface area contributed by atoms with Gasteiger partial charge < -0.3 is 4.90 Å². The Balaban J connectivity index is 1.52. The van der Waals surface area contributed by atoms with E-state index in [9.17, 15) is 5.26 Å². The molecular formula is C36H25N3Si. The first-order valence-electron chi connectivity index (χ1n) is 13.4. The van der Waals surface area contributed by atoms with E-state index in [2.05, 4.69) is 149 Å². The Labute approximate surface area is 235 Å². The number of pyridine rings is 1. The predicted molar refractivity (Wildman–Crippen MR) is 166 cm³/mol. The summed E-state index contributed by atoms with van der Waals surface area (Å²) in [4.78, 5) is 6.70. The van der Waals surface area contributed by atoms with Crippen molar-refractivity contribution in [2.45, 2.75) is 0 Å². The highest BCUT2D eigenvalue weighted by Gasteiger charge is 2.48. The summed E-state index contributed by atoms with van der Waals surface area (Å²) in [5.41, 5.74) is 5.97. The van der Waals surface area contributed by atoms with Crippen molar-refractivity contribution in [1.82, 2.24) is 4.98 Å². The number of aromatic nitrogens is 1. The van der Waals surface area contributed by atoms with Gasteiger partial charge in [-0.05, 0) is 56.6 Å². The van der Waals surface area contributed by atoms with Gasteiger partial charge in [0.2, 0.25) is 0 Å². The molecule has 0 fully saturated rings. The van der Waals surface area contributed by atoms with Crippen LogP contribution in [-0.2, 0) is 0 Å². The van der Waals surface area contributed by atoms with E-state index in [0.717, 1.165) is 16.8 Å². The van der Waals surface area contributed by atoms with E-state index in [1.165, 1.54) is 32.1 Å². The highest BCUT2D eigenvalue weighted by atomic mass is 28.3. The molecule has 3 nitrogen and oxygen atoms in total. The van der Waals surface area contributed by atoms with Crippen molar-refractivity contribution < 1.29 is 0 Å². The van der Waals surface area contributed by atoms with Gasteiger partial charge in [0.1, 0.15) is 6.07 Å². The molecule has 7 rings (SSSR count). The number of hydrogen-bond donors (Lipinski definition) is 0. The molecule has 0 atom stereocenters. The van der Waals surface area contributed by atoms with E-state index in [1.807, 2.05) is 12.3 Å². The fraction of sp³-hybridized carbons (Fsp3) is 0. The minimum atomic E-state index is -2.63. The van der Waals surface area contributed by atoms with E-state index in [-0.39, 0.29) is 0 Å². The summed E-state index contributed by atoms with van der Waals surface area (Å²) in [6.07, 6.45) is 3.42. The predicted octanol–water partition coefficient (Wildman–Crippen LogP) is 5.78. The molecule has 0 saturated carbocycles. The van der Waals surface area contributed by atoms with Gasteiger partial charge >= 0.3 is 0 Å². The molecular weight excluding hydrogens is 503 g/mol. The van der Waals surface area contributed by atoms with Gasteiger partial charge in [-0.1, -0.05) is 109 Å². The van der Waals surface area contributed by atoms with Gasteiger partial charge in [0, 0.05) is 35.0 Å². The molecule has 0 radical (unpaired) electrons. The first kappa shape index (κ1) is 23.8. The summed E-state index contributed by atoms with van der Waals surface area (Å²) in [5, 5.41) is 14.9. The van der Waals surface area contributed by atoms with E-state index in [4.69, 9.17) is 0 Å². The van der Waals surface area contributed by atoms with E-state index in [0.29, 0.717) is 5.56 Å². The van der Waals surface area contributed by atoms with Crippen LogP contribution in [-0.4, -0.2) is 13.1 Å². The lowest BCUT2D eigenvalue weighted by Crippen LogP contribution is -2.77. The molecule has 6 aromatic rings. The van der Waals surface area contributed by atoms with Crippen molar-refractivity contribution in [3.63, 3.8) is 0 Å². The largest absolute Gasteiger partial charge is 0.311 e. The summed E-state index contributed by atoms with van der Waals surface area (Å²) in [7, 11) is -2.63. The molecule has 1 aliphatic rings. The van der Waals surface area contributed by atoms with Crippen LogP contribution < -0.4 is 25.6 Å². The number of fused-ring (bicyclic) bond motifs is 2. The normalized spacial score (nSPS) is 13.1. The van der Waals surface area contributed by atoms with Crippen molar-refractivity contribution in [2.75, 3.05) is 4.90 Å². The van der Waals surface area contributed by atoms with Gasteiger partial charge in [0.15, 0.2) is 8.07 Å². The van der Waals surface area contributed by atoms with Gasteiger partial charge in [-0.25, -0.2) is 0 Å². The second-order valence-corrected chi connectivity index (χ2v) is 13.7. The number of nitrogens with zero attached hydrogens (tertiary/aromatic N) is 3. The Morgan fingerprint density at radius 2 is 1.12 bits per heavy atom. The average Bonchev–Trinajstić information content (AvgIpc) is 3.04. The minimum Gasteiger partial charge on any atom is -0.311 e. The van der Waals surface area contributed by atoms with E-state index in [1.54, 1.807) is 6.20 Å². The molecule has 5 aromatic carbocycles. The molecule has 0 amide bonds. The van der Waals surface area contributed by atoms with Crippen LogP contribution in [0.2, 0.25) is 0 Å². The third-order valence-corrected chi connectivity index (χ3v) is 12.7. The van der Waals surface area contributed by atoms with Crippen LogP contribution in [0.4, 0.5) is 17.1 Å². The van der Waals surface area contributed by atoms with Crippen molar-refractivity contribution in [1.29, 1.82) is 5.26 Å². The highest BCUT2D eigenvalue weighted by molar-refractivity contribution is 7.21. The Kier molecular flexibility index (Phi) is 5.85. The Morgan fingerprint density at radius 3 is 1.73 bits per heavy atom. The summed E-state index contributed by atoms with van der Waals surface area (Å²) in [6, 6.07) is 52.5. The number of para-hydroxylation sites is 2. The van der Waals surface area contributed by atoms with Crippen molar-refractivity contribution in [3.8, 4) is 17.2 Å². The van der Waals surface area contributed by atoms with Crippen LogP contribution in [0.3, 0.4) is 0 Å². The van der Waals surface area contributed by atoms with E-state index >= 15 is 0 Å². The lowest BCUT2D eigenvalue weighted by molar-refractivity contribution is 1.28. The monoisotopic (exact) mass is 527 g/mol. The number of benzene rings is 5. The van der Waals surface area contributed by atoms with Gasteiger partial charge in [-0.3, -0.25) is 4.98 Å². The fourth-order valence-corrected chi connectivity index (χ4v) is 11.3. The van der Waals surface area contributed by atoms with Crippen LogP contribution in [0.1, 0.15) is 5.56 Å². The quantitative estimate of drug-likeness (QED) is 0.273. The summed E-state index contributed by atoms with van der Waals surface area (Å²) < 4.78 is 0. The van der Waals surface area contributed by atoms with E-state index < -0.39 is 8.07 Å². The maximum atomic E-state index is 9.43. The maximum absolute atomic E-state index is 9.43. The number of anilines is 3. The average molecular weight is 528 g/mol. The number of hydrogen-bond acceptors (Lipinski definition) is 3. The molecule has 0 bridgehead atoms. The third kappa shape index (κ3) is 3.68. The summed E-state index contributed by atoms with van der Waals surface area (Å²) >= 11 is 0. The molecule has 0 unspecified atom stereocenters. The van der Waals surface area contributed by atoms with Gasteiger partial charge in [-0.15, -0.1) is 0 Å². The standard InChI is InChI=1S/C36H25N3Si/c37-24-27-22-29(26-38-25-27)28-12-11-13-30(23-28)39-33-18-7-9-20-35(33)40(31-14-3-1-4-15-31,32-16-5-2-6-17-32)36-21-10-8-19-34(36)39/h1-23,25-26H. The Morgan fingerprint density at radius 1 is 0.550 bits per heavy atom. The zero-order valence-corrected chi connectivity index (χ0v) is 22.8. The number of rotatable bonds is 4. The zero-order chi connectivity index (χ0) is 26.9. The molecule has 1 aliphatic heterocycles. The molecule has 0 saturated heterocycles. The topological polar surface area (TPSA) is 39.9 Å². The summed E-state index contributed by atoms with van der Waals surface area (Å²) in [5.74, 6) is 0. The van der Waals surface area contributed by atoms with Gasteiger partial charge in [0.25, 0.3) is 0 Å². The van der Waals surface area contributed by atoms with Gasteiger partial charge in [-0.2, -0.15) is 5.26 Å². The van der Waals surface area contributed by atoms with Crippen LogP contribution in [0.15, 0.2) is 152 Å². The Hall–Kier alpha value is -5.24. The zero-order valence-electron chi connectivity index (χ0n) is 21.8. The van der Waals surface area contributed by atoms with Crippen LogP contribution >= 0.6 is 0 Å². The lowest BCUT2D eigenvalue weighted by Gasteiger charge is -2.45. The van der Waals surface area contributed by atoms with Crippen LogP contribution in [0.5, 0.6) is 0 Å². The highest BCUT2D eigenvalue weighted by Crippen LogP contribution is 2.39. The van der Waals surface area contributed by atoms with Crippen molar-refractivity contribution >= 4 is 45.9 Å². The molecule has 40 heavy (non-hydrogen) atoms. The number of nitriles is 1. The van der Waals surface area contributed by atoms with Crippen LogP contribution in [0, 0.1) is 11.3 Å².